The second-order valence-electron chi connectivity index (χ2n) is 7.27. The van der Waals surface area contributed by atoms with Crippen molar-refractivity contribution in [3.8, 4) is 11.5 Å². The molecular weight excluding hydrogens is 384 g/mol. The van der Waals surface area contributed by atoms with Crippen LogP contribution in [-0.4, -0.2) is 61.9 Å². The number of amides is 1. The van der Waals surface area contributed by atoms with E-state index in [1.165, 1.54) is 11.1 Å². The van der Waals surface area contributed by atoms with Gasteiger partial charge in [-0.2, -0.15) is 0 Å². The number of methoxy groups -OCH3 is 2. The summed E-state index contributed by atoms with van der Waals surface area (Å²) < 4.78 is 10.7. The van der Waals surface area contributed by atoms with E-state index in [0.717, 1.165) is 55.5 Å². The third-order valence-corrected chi connectivity index (χ3v) is 6.27. The van der Waals surface area contributed by atoms with Gasteiger partial charge in [-0.15, -0.1) is 11.8 Å². The number of ether oxygens (including phenoxy) is 2. The maximum absolute atomic E-state index is 12.6. The first-order valence-corrected chi connectivity index (χ1v) is 11.1. The van der Waals surface area contributed by atoms with Gasteiger partial charge in [0.05, 0.1) is 20.0 Å². The molecule has 29 heavy (non-hydrogen) atoms. The summed E-state index contributed by atoms with van der Waals surface area (Å²) in [6.45, 7) is 6.49. The van der Waals surface area contributed by atoms with Gasteiger partial charge in [-0.3, -0.25) is 9.69 Å². The van der Waals surface area contributed by atoms with Gasteiger partial charge in [-0.05, 0) is 35.7 Å². The van der Waals surface area contributed by atoms with Crippen molar-refractivity contribution in [1.82, 2.24) is 9.80 Å². The fourth-order valence-corrected chi connectivity index (χ4v) is 4.50. The summed E-state index contributed by atoms with van der Waals surface area (Å²) >= 11 is 1.66. The SMILES string of the molecule is COc1cc(C)c(CSCC(=O)N2CCN(Cc3ccccc3)CC2)cc1OC. The number of nitrogens with zero attached hydrogens (tertiary/aromatic N) is 2. The molecule has 2 aromatic rings. The molecule has 1 aliphatic heterocycles. The summed E-state index contributed by atoms with van der Waals surface area (Å²) in [6.07, 6.45) is 0. The first-order chi connectivity index (χ1) is 14.1. The van der Waals surface area contributed by atoms with Gasteiger partial charge in [-0.25, -0.2) is 0 Å². The molecular formula is C23H30N2O3S. The van der Waals surface area contributed by atoms with Gasteiger partial charge in [0.25, 0.3) is 0 Å². The Labute approximate surface area is 178 Å². The third-order valence-electron chi connectivity index (χ3n) is 5.30. The summed E-state index contributed by atoms with van der Waals surface area (Å²) in [5.41, 5.74) is 3.65. The van der Waals surface area contributed by atoms with Crippen molar-refractivity contribution >= 4 is 17.7 Å². The minimum atomic E-state index is 0.229. The Balaban J connectivity index is 1.44. The number of thioether (sulfide) groups is 1. The molecule has 0 N–H and O–H groups in total. The van der Waals surface area contributed by atoms with Gasteiger partial charge < -0.3 is 14.4 Å². The quantitative estimate of drug-likeness (QED) is 0.660. The molecule has 1 saturated heterocycles. The van der Waals surface area contributed by atoms with E-state index in [0.29, 0.717) is 5.75 Å². The maximum Gasteiger partial charge on any atom is 0.232 e. The van der Waals surface area contributed by atoms with Crippen LogP contribution >= 0.6 is 11.8 Å². The second kappa shape index (κ2) is 10.6. The van der Waals surface area contributed by atoms with Crippen LogP contribution in [0, 0.1) is 6.92 Å². The van der Waals surface area contributed by atoms with Crippen LogP contribution in [0.2, 0.25) is 0 Å². The van der Waals surface area contributed by atoms with Crippen molar-refractivity contribution in [2.45, 2.75) is 19.2 Å². The Morgan fingerprint density at radius 3 is 2.31 bits per heavy atom. The molecule has 0 radical (unpaired) electrons. The average molecular weight is 415 g/mol. The zero-order valence-corrected chi connectivity index (χ0v) is 18.3. The molecule has 0 aromatic heterocycles. The number of piperazine rings is 1. The summed E-state index contributed by atoms with van der Waals surface area (Å²) in [7, 11) is 3.29. The van der Waals surface area contributed by atoms with E-state index in [1.807, 2.05) is 23.1 Å². The minimum absolute atomic E-state index is 0.229. The Kier molecular flexibility index (Phi) is 7.83. The number of rotatable bonds is 8. The summed E-state index contributed by atoms with van der Waals surface area (Å²) in [5, 5.41) is 0. The molecule has 0 aliphatic carbocycles. The van der Waals surface area contributed by atoms with Gasteiger partial charge in [0.1, 0.15) is 0 Å². The summed E-state index contributed by atoms with van der Waals surface area (Å²) in [4.78, 5) is 17.0. The van der Waals surface area contributed by atoms with Crippen LogP contribution in [0.5, 0.6) is 11.5 Å². The van der Waals surface area contributed by atoms with Crippen LogP contribution in [0.3, 0.4) is 0 Å². The minimum Gasteiger partial charge on any atom is -0.493 e. The number of carbonyl (C=O) groups is 1. The van der Waals surface area contributed by atoms with Crippen molar-refractivity contribution in [1.29, 1.82) is 0 Å². The van der Waals surface area contributed by atoms with Crippen molar-refractivity contribution in [2.75, 3.05) is 46.2 Å². The molecule has 5 nitrogen and oxygen atoms in total. The van der Waals surface area contributed by atoms with E-state index < -0.39 is 0 Å². The number of carbonyl (C=O) groups excluding carboxylic acids is 1. The lowest BCUT2D eigenvalue weighted by molar-refractivity contribution is -0.130. The number of benzene rings is 2. The molecule has 1 aliphatic rings. The molecule has 2 aromatic carbocycles. The van der Waals surface area contributed by atoms with Gasteiger partial charge in [0, 0.05) is 38.5 Å². The predicted molar refractivity (Wildman–Crippen MR) is 119 cm³/mol. The lowest BCUT2D eigenvalue weighted by atomic mass is 10.1. The van der Waals surface area contributed by atoms with Crippen molar-refractivity contribution < 1.29 is 14.3 Å². The van der Waals surface area contributed by atoms with E-state index >= 15 is 0 Å². The maximum atomic E-state index is 12.6. The monoisotopic (exact) mass is 414 g/mol. The van der Waals surface area contributed by atoms with Crippen LogP contribution in [-0.2, 0) is 17.1 Å². The van der Waals surface area contributed by atoms with Crippen LogP contribution in [0.15, 0.2) is 42.5 Å². The first-order valence-electron chi connectivity index (χ1n) is 9.94. The highest BCUT2D eigenvalue weighted by molar-refractivity contribution is 7.99. The van der Waals surface area contributed by atoms with Crippen LogP contribution in [0.1, 0.15) is 16.7 Å². The van der Waals surface area contributed by atoms with Crippen LogP contribution in [0.4, 0.5) is 0 Å². The smallest absolute Gasteiger partial charge is 0.232 e. The molecule has 0 atom stereocenters. The van der Waals surface area contributed by atoms with Crippen LogP contribution < -0.4 is 9.47 Å². The Bertz CT molecular complexity index is 805. The molecule has 6 heteroatoms. The fraction of sp³-hybridized carbons (Fsp3) is 0.435. The molecule has 1 amide bonds. The Hall–Kier alpha value is -2.18. The van der Waals surface area contributed by atoms with Crippen LogP contribution in [0.25, 0.3) is 0 Å². The molecule has 0 bridgehead atoms. The van der Waals surface area contributed by atoms with E-state index in [1.54, 1.807) is 26.0 Å². The highest BCUT2D eigenvalue weighted by atomic mass is 32.2. The molecule has 3 rings (SSSR count). The Morgan fingerprint density at radius 1 is 1.00 bits per heavy atom. The molecule has 0 spiro atoms. The standard InChI is InChI=1S/C23H30N2O3S/c1-18-13-21(27-2)22(28-3)14-20(18)16-29-17-23(26)25-11-9-24(10-12-25)15-19-7-5-4-6-8-19/h4-8,13-14H,9-12,15-17H2,1-3H3. The van der Waals surface area contributed by atoms with Crippen molar-refractivity contribution in [2.24, 2.45) is 0 Å². The number of aryl methyl sites for hydroxylation is 1. The highest BCUT2D eigenvalue weighted by Crippen LogP contribution is 2.31. The lowest BCUT2D eigenvalue weighted by Gasteiger charge is -2.34. The molecule has 0 saturated carbocycles. The average Bonchev–Trinajstić information content (AvgIpc) is 2.75. The molecule has 156 valence electrons. The van der Waals surface area contributed by atoms with Gasteiger partial charge in [-0.1, -0.05) is 30.3 Å². The largest absolute Gasteiger partial charge is 0.493 e. The zero-order chi connectivity index (χ0) is 20.6. The topological polar surface area (TPSA) is 42.0 Å². The van der Waals surface area contributed by atoms with Gasteiger partial charge in [0.2, 0.25) is 5.91 Å². The van der Waals surface area contributed by atoms with Crippen molar-refractivity contribution in [3.05, 3.63) is 59.2 Å². The van der Waals surface area contributed by atoms with E-state index in [4.69, 9.17) is 9.47 Å². The number of hydrogen-bond acceptors (Lipinski definition) is 5. The van der Waals surface area contributed by atoms with Crippen molar-refractivity contribution in [3.63, 3.8) is 0 Å². The molecule has 0 unspecified atom stereocenters. The van der Waals surface area contributed by atoms with Gasteiger partial charge >= 0.3 is 0 Å². The van der Waals surface area contributed by atoms with Gasteiger partial charge in [0.15, 0.2) is 11.5 Å². The molecule has 1 fully saturated rings. The number of hydrogen-bond donors (Lipinski definition) is 0. The van der Waals surface area contributed by atoms with E-state index in [2.05, 4.69) is 36.1 Å². The second-order valence-corrected chi connectivity index (χ2v) is 8.25. The predicted octanol–water partition coefficient (Wildman–Crippen LogP) is 3.59. The fourth-order valence-electron chi connectivity index (χ4n) is 3.51. The normalized spacial score (nSPS) is 14.7. The summed E-state index contributed by atoms with van der Waals surface area (Å²) in [5.74, 6) is 2.99. The lowest BCUT2D eigenvalue weighted by Crippen LogP contribution is -2.48. The van der Waals surface area contributed by atoms with E-state index in [-0.39, 0.29) is 5.91 Å². The van der Waals surface area contributed by atoms with E-state index in [9.17, 15) is 4.79 Å². The third kappa shape index (κ3) is 5.90. The first kappa shape index (κ1) is 21.5. The Morgan fingerprint density at radius 2 is 1.66 bits per heavy atom. The molecule has 1 heterocycles. The zero-order valence-electron chi connectivity index (χ0n) is 17.5. The highest BCUT2D eigenvalue weighted by Gasteiger charge is 2.21. The summed E-state index contributed by atoms with van der Waals surface area (Å²) in [6, 6.07) is 14.5.